The lowest BCUT2D eigenvalue weighted by molar-refractivity contribution is -0.148. The fourth-order valence-corrected chi connectivity index (χ4v) is 2.02. The van der Waals surface area contributed by atoms with E-state index in [0.29, 0.717) is 26.0 Å². The quantitative estimate of drug-likeness (QED) is 0.630. The minimum Gasteiger partial charge on any atom is -0.492 e. The number of imide groups is 1. The number of carbonyl (C=O) groups is 2. The molecular weight excluding hydrogens is 244 g/mol. The molecule has 1 unspecified atom stereocenters. The molecule has 0 aliphatic carbocycles. The molecule has 19 heavy (non-hydrogen) atoms. The van der Waals surface area contributed by atoms with Gasteiger partial charge in [-0.05, 0) is 18.6 Å². The van der Waals surface area contributed by atoms with Crippen molar-refractivity contribution in [1.29, 1.82) is 0 Å². The molecule has 1 heterocycles. The van der Waals surface area contributed by atoms with E-state index in [0.717, 1.165) is 5.75 Å². The van der Waals surface area contributed by atoms with Crippen molar-refractivity contribution in [3.8, 4) is 5.75 Å². The molecule has 1 aliphatic rings. The summed E-state index contributed by atoms with van der Waals surface area (Å²) in [5, 5.41) is 3.12. The number of likely N-dealkylation sites (tertiary alicyclic amines) is 1. The van der Waals surface area contributed by atoms with E-state index in [1.807, 2.05) is 30.3 Å². The van der Waals surface area contributed by atoms with E-state index < -0.39 is 0 Å². The highest BCUT2D eigenvalue weighted by molar-refractivity contribution is 6.00. The first-order valence-electron chi connectivity index (χ1n) is 6.40. The van der Waals surface area contributed by atoms with Crippen molar-refractivity contribution in [1.82, 2.24) is 10.2 Å². The van der Waals surface area contributed by atoms with Crippen LogP contribution >= 0.6 is 0 Å². The number of nitrogens with one attached hydrogen (secondary N) is 1. The van der Waals surface area contributed by atoms with Gasteiger partial charge in [-0.25, -0.2) is 0 Å². The molecule has 2 rings (SSSR count). The number of carbonyl (C=O) groups excluding carboxylic acids is 2. The van der Waals surface area contributed by atoms with Crippen molar-refractivity contribution >= 4 is 11.8 Å². The average Bonchev–Trinajstić information content (AvgIpc) is 2.44. The number of para-hydroxylation sites is 1. The van der Waals surface area contributed by atoms with Gasteiger partial charge in [0.1, 0.15) is 12.4 Å². The molecule has 1 aromatic rings. The maximum absolute atomic E-state index is 11.8. The minimum absolute atomic E-state index is 0.108. The number of hydrogen-bond acceptors (Lipinski definition) is 4. The Bertz CT molecular complexity index is 447. The first-order valence-corrected chi connectivity index (χ1v) is 6.40. The zero-order valence-corrected chi connectivity index (χ0v) is 11.0. The largest absolute Gasteiger partial charge is 0.492 e. The second-order valence-electron chi connectivity index (χ2n) is 4.50. The van der Waals surface area contributed by atoms with Gasteiger partial charge in [-0.1, -0.05) is 18.2 Å². The van der Waals surface area contributed by atoms with Crippen molar-refractivity contribution < 1.29 is 14.3 Å². The Morgan fingerprint density at radius 1 is 1.32 bits per heavy atom. The Balaban J connectivity index is 1.71. The van der Waals surface area contributed by atoms with Crippen molar-refractivity contribution in [2.24, 2.45) is 0 Å². The highest BCUT2D eigenvalue weighted by Gasteiger charge is 2.30. The van der Waals surface area contributed by atoms with Gasteiger partial charge in [0.15, 0.2) is 0 Å². The summed E-state index contributed by atoms with van der Waals surface area (Å²) in [6, 6.07) is 9.25. The van der Waals surface area contributed by atoms with Gasteiger partial charge in [-0.3, -0.25) is 14.5 Å². The summed E-state index contributed by atoms with van der Waals surface area (Å²) in [4.78, 5) is 24.3. The second kappa shape index (κ2) is 6.33. The predicted molar refractivity (Wildman–Crippen MR) is 70.7 cm³/mol. The molecule has 0 radical (unpaired) electrons. The minimum atomic E-state index is -0.276. The number of benzene rings is 1. The Labute approximate surface area is 112 Å². The molecule has 0 spiro atoms. The zero-order valence-electron chi connectivity index (χ0n) is 11.0. The standard InChI is InChI=1S/C14H18N2O3/c1-16-13(17)8-7-12(14(16)18)15-9-10-19-11-5-3-2-4-6-11/h2-6,12,15H,7-10H2,1H3. The Hall–Kier alpha value is -1.88. The third-order valence-corrected chi connectivity index (χ3v) is 3.15. The Morgan fingerprint density at radius 3 is 2.79 bits per heavy atom. The lowest BCUT2D eigenvalue weighted by atomic mass is 10.0. The molecule has 1 saturated heterocycles. The first kappa shape index (κ1) is 13.5. The summed E-state index contributed by atoms with van der Waals surface area (Å²) in [6.07, 6.45) is 0.979. The summed E-state index contributed by atoms with van der Waals surface area (Å²) in [5.41, 5.74) is 0. The molecule has 1 fully saturated rings. The van der Waals surface area contributed by atoms with Crippen LogP contribution in [0.2, 0.25) is 0 Å². The lowest BCUT2D eigenvalue weighted by Crippen LogP contribution is -2.52. The number of piperidine rings is 1. The maximum atomic E-state index is 11.8. The van der Waals surface area contributed by atoms with Crippen molar-refractivity contribution in [2.45, 2.75) is 18.9 Å². The summed E-state index contributed by atoms with van der Waals surface area (Å²) in [6.45, 7) is 1.07. The molecular formula is C14H18N2O3. The van der Waals surface area contributed by atoms with Crippen LogP contribution in [-0.4, -0.2) is 43.0 Å². The highest BCUT2D eigenvalue weighted by Crippen LogP contribution is 2.11. The van der Waals surface area contributed by atoms with E-state index in [1.165, 1.54) is 11.9 Å². The number of amides is 2. The molecule has 0 aromatic heterocycles. The van der Waals surface area contributed by atoms with E-state index in [2.05, 4.69) is 5.32 Å². The molecule has 0 saturated carbocycles. The van der Waals surface area contributed by atoms with Crippen LogP contribution in [0.4, 0.5) is 0 Å². The first-order chi connectivity index (χ1) is 9.18. The van der Waals surface area contributed by atoms with E-state index in [9.17, 15) is 9.59 Å². The molecule has 5 heteroatoms. The van der Waals surface area contributed by atoms with Gasteiger partial charge in [0.25, 0.3) is 0 Å². The second-order valence-corrected chi connectivity index (χ2v) is 4.50. The van der Waals surface area contributed by atoms with Crippen LogP contribution in [0.3, 0.4) is 0 Å². The van der Waals surface area contributed by atoms with Gasteiger partial charge >= 0.3 is 0 Å². The van der Waals surface area contributed by atoms with Gasteiger partial charge < -0.3 is 10.1 Å². The summed E-state index contributed by atoms with van der Waals surface area (Å²) in [7, 11) is 1.53. The van der Waals surface area contributed by atoms with E-state index >= 15 is 0 Å². The predicted octanol–water partition coefficient (Wildman–Crippen LogP) is 0.802. The van der Waals surface area contributed by atoms with Crippen LogP contribution < -0.4 is 10.1 Å². The lowest BCUT2D eigenvalue weighted by Gasteiger charge is -2.28. The number of hydrogen-bond donors (Lipinski definition) is 1. The van der Waals surface area contributed by atoms with Crippen LogP contribution in [0.1, 0.15) is 12.8 Å². The smallest absolute Gasteiger partial charge is 0.246 e. The summed E-state index contributed by atoms with van der Waals surface area (Å²) in [5.74, 6) is 0.547. The maximum Gasteiger partial charge on any atom is 0.246 e. The number of ether oxygens (including phenoxy) is 1. The normalized spacial score (nSPS) is 19.6. The highest BCUT2D eigenvalue weighted by atomic mass is 16.5. The van der Waals surface area contributed by atoms with Gasteiger partial charge in [0.2, 0.25) is 11.8 Å². The molecule has 1 aromatic carbocycles. The number of nitrogens with zero attached hydrogens (tertiary/aromatic N) is 1. The monoisotopic (exact) mass is 262 g/mol. The zero-order chi connectivity index (χ0) is 13.7. The molecule has 1 aliphatic heterocycles. The van der Waals surface area contributed by atoms with Crippen LogP contribution in [0, 0.1) is 0 Å². The topological polar surface area (TPSA) is 58.6 Å². The van der Waals surface area contributed by atoms with E-state index in [-0.39, 0.29) is 17.9 Å². The molecule has 1 N–H and O–H groups in total. The summed E-state index contributed by atoms with van der Waals surface area (Å²) < 4.78 is 5.53. The number of likely N-dealkylation sites (N-methyl/N-ethyl adjacent to an activating group) is 1. The van der Waals surface area contributed by atoms with Crippen molar-refractivity contribution in [3.05, 3.63) is 30.3 Å². The SMILES string of the molecule is CN1C(=O)CCC(NCCOc2ccccc2)C1=O. The molecule has 102 valence electrons. The molecule has 1 atom stereocenters. The molecule has 0 bridgehead atoms. The molecule has 5 nitrogen and oxygen atoms in total. The molecule has 2 amide bonds. The fourth-order valence-electron chi connectivity index (χ4n) is 2.02. The van der Waals surface area contributed by atoms with E-state index in [4.69, 9.17) is 4.74 Å². The average molecular weight is 262 g/mol. The van der Waals surface area contributed by atoms with Crippen LogP contribution in [0.15, 0.2) is 30.3 Å². The van der Waals surface area contributed by atoms with Crippen molar-refractivity contribution in [3.63, 3.8) is 0 Å². The Kier molecular flexibility index (Phi) is 4.52. The summed E-state index contributed by atoms with van der Waals surface area (Å²) >= 11 is 0. The van der Waals surface area contributed by atoms with Gasteiger partial charge in [-0.2, -0.15) is 0 Å². The van der Waals surface area contributed by atoms with Crippen LogP contribution in [-0.2, 0) is 9.59 Å². The van der Waals surface area contributed by atoms with Crippen LogP contribution in [0.25, 0.3) is 0 Å². The fraction of sp³-hybridized carbons (Fsp3) is 0.429. The third kappa shape index (κ3) is 3.54. The van der Waals surface area contributed by atoms with Crippen LogP contribution in [0.5, 0.6) is 5.75 Å². The van der Waals surface area contributed by atoms with Gasteiger partial charge in [0.05, 0.1) is 6.04 Å². The van der Waals surface area contributed by atoms with Crippen molar-refractivity contribution in [2.75, 3.05) is 20.2 Å². The Morgan fingerprint density at radius 2 is 2.05 bits per heavy atom. The number of rotatable bonds is 5. The van der Waals surface area contributed by atoms with Gasteiger partial charge in [-0.15, -0.1) is 0 Å². The third-order valence-electron chi connectivity index (χ3n) is 3.15. The van der Waals surface area contributed by atoms with E-state index in [1.54, 1.807) is 0 Å². The van der Waals surface area contributed by atoms with Gasteiger partial charge in [0, 0.05) is 20.0 Å².